The van der Waals surface area contributed by atoms with E-state index < -0.39 is 28.9 Å². The number of halogens is 2. The van der Waals surface area contributed by atoms with Crippen molar-refractivity contribution in [1.82, 2.24) is 19.5 Å². The van der Waals surface area contributed by atoms with Crippen molar-refractivity contribution in [3.05, 3.63) is 122 Å². The van der Waals surface area contributed by atoms with E-state index in [-0.39, 0.29) is 18.7 Å². The fraction of sp³-hybridized carbons (Fsp3) is 0.405. The van der Waals surface area contributed by atoms with E-state index in [1.807, 2.05) is 65.0 Å². The smallest absolute Gasteiger partial charge is 0.343 e. The maximum atomic E-state index is 14.7. The summed E-state index contributed by atoms with van der Waals surface area (Å²) in [4.78, 5) is 47.3. The van der Waals surface area contributed by atoms with Crippen LogP contribution in [0.15, 0.2) is 88.0 Å². The summed E-state index contributed by atoms with van der Waals surface area (Å²) in [6.07, 6.45) is 11.2. The Bertz CT molecular complexity index is 1960. The molecule has 0 fully saturated rings. The van der Waals surface area contributed by atoms with Gasteiger partial charge in [-0.1, -0.05) is 83.2 Å². The molecule has 1 aliphatic carbocycles. The first-order chi connectivity index (χ1) is 26.5. The Balaban J connectivity index is 0.00000102. The van der Waals surface area contributed by atoms with Crippen molar-refractivity contribution in [2.24, 2.45) is 0 Å². The lowest BCUT2D eigenvalue weighted by molar-refractivity contribution is 0.114. The van der Waals surface area contributed by atoms with Gasteiger partial charge >= 0.3 is 11.7 Å². The number of aryl methyl sites for hydroxylation is 1. The fourth-order valence-electron chi connectivity index (χ4n) is 4.83. The van der Waals surface area contributed by atoms with Gasteiger partial charge in [0.05, 0.1) is 25.6 Å². The van der Waals surface area contributed by atoms with E-state index in [1.54, 1.807) is 38.3 Å². The highest BCUT2D eigenvalue weighted by Gasteiger charge is 2.23. The zero-order valence-electron chi connectivity index (χ0n) is 34.2. The van der Waals surface area contributed by atoms with Gasteiger partial charge in [0.25, 0.3) is 5.56 Å². The highest BCUT2D eigenvalue weighted by atomic mass is 32.1. The van der Waals surface area contributed by atoms with Crippen molar-refractivity contribution in [2.75, 3.05) is 46.8 Å². The van der Waals surface area contributed by atoms with Crippen LogP contribution in [0.5, 0.6) is 0 Å². The minimum Gasteiger partial charge on any atom is -0.385 e. The van der Waals surface area contributed by atoms with Gasteiger partial charge in [-0.15, -0.1) is 11.3 Å². The van der Waals surface area contributed by atoms with Gasteiger partial charge in [-0.05, 0) is 88.3 Å². The summed E-state index contributed by atoms with van der Waals surface area (Å²) in [5.41, 5.74) is 3.46. The molecular weight excluding hydrogens is 725 g/mol. The molecule has 2 N–H and O–H groups in total. The molecule has 10 nitrogen and oxygen atoms in total. The van der Waals surface area contributed by atoms with Crippen molar-refractivity contribution in [3.8, 4) is 10.4 Å². The van der Waals surface area contributed by atoms with Crippen molar-refractivity contribution in [3.63, 3.8) is 0 Å². The van der Waals surface area contributed by atoms with Crippen molar-refractivity contribution in [1.29, 1.82) is 0 Å². The monoisotopic (exact) mass is 783 g/mol. The van der Waals surface area contributed by atoms with Crippen molar-refractivity contribution in [2.45, 2.75) is 74.4 Å². The molecule has 0 aliphatic heterocycles. The number of fused-ring (bicyclic) bond motifs is 1. The maximum absolute atomic E-state index is 14.7. The molecule has 55 heavy (non-hydrogen) atoms. The number of ether oxygens (including phenoxy) is 1. The molecule has 4 aromatic rings. The molecular formula is C42H59F2N5O5S. The zero-order valence-corrected chi connectivity index (χ0v) is 35.0. The topological polar surface area (TPSA) is 107 Å². The minimum absolute atomic E-state index is 0.0201. The summed E-state index contributed by atoms with van der Waals surface area (Å²) in [5, 5.41) is 2.93. The second-order valence-electron chi connectivity index (χ2n) is 11.7. The Morgan fingerprint density at radius 2 is 1.51 bits per heavy atom. The maximum Gasteiger partial charge on any atom is 0.343 e. The number of nitrogens with zero attached hydrogens (tertiary/aromatic N) is 3. The number of anilines is 1. The Labute approximate surface area is 328 Å². The van der Waals surface area contributed by atoms with Crippen LogP contribution < -0.4 is 22.0 Å². The third kappa shape index (κ3) is 14.5. The normalized spacial score (nSPS) is 13.7. The highest BCUT2D eigenvalue weighted by molar-refractivity contribution is 7.22. The third-order valence-electron chi connectivity index (χ3n) is 7.83. The molecule has 2 heterocycles. The Hall–Kier alpha value is -4.69. The van der Waals surface area contributed by atoms with Crippen LogP contribution in [0.25, 0.3) is 20.7 Å². The van der Waals surface area contributed by atoms with Crippen LogP contribution in [-0.4, -0.2) is 61.5 Å². The molecule has 2 amide bonds. The van der Waals surface area contributed by atoms with Gasteiger partial charge in [0.15, 0.2) is 0 Å². The standard InChI is InChI=1S/C31H28F2N4O4S.C4H11N.C3H8O.2C2H6/c1-19-26-28(38)36(17-20-9-6-4-3-5-7-10-20)31(40)37(18-23-24(32)11-8-12-25(23)33)29(26)42-27(19)21-13-15-22(16-14-21)34-30(39)35-41-2;1-4-5(2)3;1-3-4-2;2*1-2/h3-4,6,8-16H,5,7,17-18H2,1-2H3,(H2,34,35,39);4H2,1-3H3;3H2,1-2H3;2*1-2H3/b4-3+,9-6-,20-10+;;;;. The largest absolute Gasteiger partial charge is 0.385 e. The van der Waals surface area contributed by atoms with E-state index in [0.717, 1.165) is 53.8 Å². The van der Waals surface area contributed by atoms with Crippen LogP contribution in [-0.2, 0) is 22.7 Å². The number of nitrogens with one attached hydrogen (secondary N) is 2. The molecule has 1 aliphatic rings. The van der Waals surface area contributed by atoms with Gasteiger partial charge in [0.2, 0.25) is 0 Å². The number of aromatic nitrogens is 2. The SMILES string of the molecule is CC.CC.CCN(C)C.CCOC.CONC(=O)Nc1ccc(-c2sc3c(c2C)c(=O)n(CC2=C/CC/C=C/C=C\2)c(=O)n3Cc2c(F)cccc2F)cc1. The van der Waals surface area contributed by atoms with Gasteiger partial charge in [0, 0.05) is 29.8 Å². The van der Waals surface area contributed by atoms with Crippen LogP contribution >= 0.6 is 11.3 Å². The average molecular weight is 784 g/mol. The highest BCUT2D eigenvalue weighted by Crippen LogP contribution is 2.37. The lowest BCUT2D eigenvalue weighted by Gasteiger charge is -2.14. The Kier molecular flexibility index (Phi) is 23.0. The van der Waals surface area contributed by atoms with Crippen LogP contribution in [0.1, 0.15) is 65.5 Å². The van der Waals surface area contributed by atoms with E-state index in [2.05, 4.69) is 46.3 Å². The lowest BCUT2D eigenvalue weighted by atomic mass is 10.1. The Morgan fingerprint density at radius 3 is 2.05 bits per heavy atom. The van der Waals surface area contributed by atoms with E-state index in [4.69, 9.17) is 0 Å². The molecule has 2 aromatic heterocycles. The molecule has 302 valence electrons. The number of amides is 2. The number of urea groups is 1. The number of hydrogen-bond donors (Lipinski definition) is 2. The van der Waals surface area contributed by atoms with E-state index in [0.29, 0.717) is 26.3 Å². The first-order valence-corrected chi connectivity index (χ1v) is 19.3. The number of hydrogen-bond acceptors (Lipinski definition) is 7. The molecule has 2 aromatic carbocycles. The second kappa shape index (κ2) is 26.2. The van der Waals surface area contributed by atoms with Gasteiger partial charge in [0.1, 0.15) is 16.5 Å². The number of hydroxylamine groups is 1. The summed E-state index contributed by atoms with van der Waals surface area (Å²) in [6, 6.07) is 9.93. The average Bonchev–Trinajstić information content (AvgIpc) is 3.52. The summed E-state index contributed by atoms with van der Waals surface area (Å²) in [7, 11) is 7.11. The van der Waals surface area contributed by atoms with Crippen LogP contribution in [0.2, 0.25) is 0 Å². The predicted octanol–water partition coefficient (Wildman–Crippen LogP) is 9.32. The molecule has 0 unspecified atom stereocenters. The molecule has 0 atom stereocenters. The molecule has 0 radical (unpaired) electrons. The molecule has 13 heteroatoms. The van der Waals surface area contributed by atoms with Crippen LogP contribution in [0.4, 0.5) is 19.3 Å². The third-order valence-corrected chi connectivity index (χ3v) is 9.19. The van der Waals surface area contributed by atoms with Gasteiger partial charge in [-0.3, -0.25) is 18.8 Å². The number of rotatable bonds is 9. The molecule has 0 saturated heterocycles. The number of benzene rings is 2. The fourth-order valence-corrected chi connectivity index (χ4v) is 6.13. The van der Waals surface area contributed by atoms with E-state index >= 15 is 0 Å². The lowest BCUT2D eigenvalue weighted by Crippen LogP contribution is -2.40. The summed E-state index contributed by atoms with van der Waals surface area (Å²) in [5.74, 6) is -1.56. The van der Waals surface area contributed by atoms with E-state index in [9.17, 15) is 23.2 Å². The summed E-state index contributed by atoms with van der Waals surface area (Å²) < 4.78 is 36.4. The van der Waals surface area contributed by atoms with E-state index in [1.165, 1.54) is 29.1 Å². The second-order valence-corrected chi connectivity index (χ2v) is 12.7. The van der Waals surface area contributed by atoms with Gasteiger partial charge < -0.3 is 15.0 Å². The number of thiophene rings is 1. The van der Waals surface area contributed by atoms with Crippen LogP contribution in [0, 0.1) is 18.6 Å². The first kappa shape index (κ1) is 48.3. The Morgan fingerprint density at radius 1 is 0.909 bits per heavy atom. The molecule has 0 spiro atoms. The number of carbonyl (C=O) groups excluding carboxylic acids is 1. The molecule has 0 bridgehead atoms. The minimum atomic E-state index is -0.778. The number of carbonyl (C=O) groups is 1. The molecule has 0 saturated carbocycles. The predicted molar refractivity (Wildman–Crippen MR) is 225 cm³/mol. The quantitative estimate of drug-likeness (QED) is 0.164. The number of allylic oxidation sites excluding steroid dienone is 6. The first-order valence-electron chi connectivity index (χ1n) is 18.5. The van der Waals surface area contributed by atoms with Crippen molar-refractivity contribution < 1.29 is 23.1 Å². The van der Waals surface area contributed by atoms with Crippen LogP contribution in [0.3, 0.4) is 0 Å². The zero-order chi connectivity index (χ0) is 41.5. The summed E-state index contributed by atoms with van der Waals surface area (Å²) in [6.45, 7) is 15.5. The summed E-state index contributed by atoms with van der Waals surface area (Å²) >= 11 is 1.20. The van der Waals surface area contributed by atoms with Gasteiger partial charge in [-0.2, -0.15) is 0 Å². The van der Waals surface area contributed by atoms with Crippen molar-refractivity contribution >= 4 is 33.3 Å². The molecule has 5 rings (SSSR count). The number of methoxy groups -OCH3 is 1. The van der Waals surface area contributed by atoms with Gasteiger partial charge in [-0.25, -0.2) is 23.9 Å².